The molecule has 0 atom stereocenters. The summed E-state index contributed by atoms with van der Waals surface area (Å²) in [7, 11) is -2.95. The van der Waals surface area contributed by atoms with Gasteiger partial charge in [-0.2, -0.15) is 0 Å². The van der Waals surface area contributed by atoms with E-state index in [9.17, 15) is 18.0 Å². The third-order valence-electron chi connectivity index (χ3n) is 8.36. The molecule has 7 heteroatoms. The van der Waals surface area contributed by atoms with Crippen LogP contribution in [-0.2, 0) is 19.4 Å². The van der Waals surface area contributed by atoms with E-state index in [0.717, 1.165) is 89.6 Å². The summed E-state index contributed by atoms with van der Waals surface area (Å²) in [6.07, 6.45) is 12.9. The molecule has 0 radical (unpaired) electrons. The summed E-state index contributed by atoms with van der Waals surface area (Å²) in [5.74, 6) is 2.39. The Bertz CT molecular complexity index is 774. The van der Waals surface area contributed by atoms with E-state index in [1.54, 1.807) is 0 Å². The van der Waals surface area contributed by atoms with Gasteiger partial charge in [-0.3, -0.25) is 9.59 Å². The quantitative estimate of drug-likeness (QED) is 0.483. The van der Waals surface area contributed by atoms with Crippen molar-refractivity contribution in [2.75, 3.05) is 18.8 Å². The average molecular weight is 481 g/mol. The van der Waals surface area contributed by atoms with E-state index in [4.69, 9.17) is 0 Å². The Kier molecular flexibility index (Phi) is 8.40. The lowest BCUT2D eigenvalue weighted by Gasteiger charge is -2.33. The van der Waals surface area contributed by atoms with Gasteiger partial charge in [0.1, 0.15) is 0 Å². The van der Waals surface area contributed by atoms with E-state index in [1.807, 2.05) is 0 Å². The average Bonchev–Trinajstić information content (AvgIpc) is 3.71. The molecule has 1 N–H and O–H groups in total. The van der Waals surface area contributed by atoms with Crippen LogP contribution in [0.5, 0.6) is 0 Å². The Hall–Kier alpha value is -1.11. The van der Waals surface area contributed by atoms with Crippen LogP contribution in [0, 0.1) is 23.7 Å². The van der Waals surface area contributed by atoms with Gasteiger partial charge in [0, 0.05) is 31.5 Å². The number of amides is 2. The van der Waals surface area contributed by atoms with Crippen molar-refractivity contribution in [3.05, 3.63) is 0 Å². The van der Waals surface area contributed by atoms with Crippen molar-refractivity contribution in [1.29, 1.82) is 0 Å². The molecule has 4 aliphatic carbocycles. The summed E-state index contributed by atoms with van der Waals surface area (Å²) in [4.78, 5) is 27.7. The molecule has 0 aliphatic heterocycles. The van der Waals surface area contributed by atoms with Gasteiger partial charge in [-0.1, -0.05) is 6.92 Å². The van der Waals surface area contributed by atoms with Crippen molar-refractivity contribution in [2.45, 2.75) is 108 Å². The number of rotatable bonds is 11. The fraction of sp³-hybridized carbons (Fsp3) is 0.923. The fourth-order valence-corrected chi connectivity index (χ4v) is 8.16. The second kappa shape index (κ2) is 11.1. The monoisotopic (exact) mass is 480 g/mol. The molecule has 0 unspecified atom stereocenters. The number of nitrogens with zero attached hydrogens (tertiary/aromatic N) is 1. The minimum atomic E-state index is -2.95. The van der Waals surface area contributed by atoms with Crippen molar-refractivity contribution in [2.24, 2.45) is 23.7 Å². The van der Waals surface area contributed by atoms with Crippen molar-refractivity contribution in [3.8, 4) is 0 Å². The summed E-state index contributed by atoms with van der Waals surface area (Å²) >= 11 is 0. The Morgan fingerprint density at radius 2 is 1.42 bits per heavy atom. The van der Waals surface area contributed by atoms with Crippen LogP contribution < -0.4 is 5.32 Å². The van der Waals surface area contributed by atoms with E-state index in [1.165, 1.54) is 12.8 Å². The molecule has 2 amide bonds. The van der Waals surface area contributed by atoms with Crippen LogP contribution in [0.3, 0.4) is 0 Å². The normalized spacial score (nSPS) is 30.6. The SMILES string of the molecule is CCCN(CC1CC1)C(=O)C1CCC(NC(=O)CC2CCC(S(=O)(=O)CC3CC3)CC2)CC1. The highest BCUT2D eigenvalue weighted by Crippen LogP contribution is 2.36. The largest absolute Gasteiger partial charge is 0.353 e. The van der Waals surface area contributed by atoms with Crippen LogP contribution in [-0.4, -0.2) is 55.3 Å². The molecule has 4 saturated carbocycles. The molecule has 188 valence electrons. The Labute approximate surface area is 200 Å². The molecular weight excluding hydrogens is 436 g/mol. The molecule has 4 aliphatic rings. The molecule has 4 rings (SSSR count). The summed E-state index contributed by atoms with van der Waals surface area (Å²) in [6.45, 7) is 3.95. The van der Waals surface area contributed by atoms with E-state index < -0.39 is 9.84 Å². The first-order valence-electron chi connectivity index (χ1n) is 13.6. The molecule has 0 aromatic carbocycles. The highest BCUT2D eigenvalue weighted by atomic mass is 32.2. The van der Waals surface area contributed by atoms with Gasteiger partial charge in [0.15, 0.2) is 9.84 Å². The first-order chi connectivity index (χ1) is 15.8. The first kappa shape index (κ1) is 25.0. The third kappa shape index (κ3) is 7.43. The van der Waals surface area contributed by atoms with Gasteiger partial charge in [-0.15, -0.1) is 0 Å². The van der Waals surface area contributed by atoms with Crippen LogP contribution in [0.25, 0.3) is 0 Å². The molecule has 0 aromatic heterocycles. The number of hydrogen-bond donors (Lipinski definition) is 1. The standard InChI is InChI=1S/C26H44N2O4S/c1-2-15-28(17-20-3-4-20)26(30)22-9-11-23(12-10-22)27-25(29)16-19-7-13-24(14-8-19)33(31,32)18-21-5-6-21/h19-24H,2-18H2,1H3,(H,27,29). The predicted octanol–water partition coefficient (Wildman–Crippen LogP) is 4.08. The van der Waals surface area contributed by atoms with Gasteiger partial charge in [0.25, 0.3) is 0 Å². The van der Waals surface area contributed by atoms with Crippen LogP contribution in [0.4, 0.5) is 0 Å². The summed E-state index contributed by atoms with van der Waals surface area (Å²) < 4.78 is 25.1. The lowest BCUT2D eigenvalue weighted by atomic mass is 9.84. The molecule has 0 bridgehead atoms. The van der Waals surface area contributed by atoms with E-state index >= 15 is 0 Å². The van der Waals surface area contributed by atoms with Crippen molar-refractivity contribution in [3.63, 3.8) is 0 Å². The van der Waals surface area contributed by atoms with E-state index in [0.29, 0.717) is 29.9 Å². The smallest absolute Gasteiger partial charge is 0.225 e. The van der Waals surface area contributed by atoms with Crippen LogP contribution in [0.15, 0.2) is 0 Å². The highest BCUT2D eigenvalue weighted by Gasteiger charge is 2.36. The van der Waals surface area contributed by atoms with Crippen LogP contribution in [0.2, 0.25) is 0 Å². The zero-order valence-corrected chi connectivity index (χ0v) is 21.3. The Balaban J connectivity index is 1.14. The highest BCUT2D eigenvalue weighted by molar-refractivity contribution is 7.92. The van der Waals surface area contributed by atoms with Gasteiger partial charge < -0.3 is 10.2 Å². The van der Waals surface area contributed by atoms with Crippen LogP contribution >= 0.6 is 0 Å². The lowest BCUT2D eigenvalue weighted by molar-refractivity contribution is -0.137. The molecule has 0 heterocycles. The van der Waals surface area contributed by atoms with Gasteiger partial charge in [-0.05, 0) is 101 Å². The minimum Gasteiger partial charge on any atom is -0.353 e. The number of carbonyl (C=O) groups excluding carboxylic acids is 2. The molecule has 0 saturated heterocycles. The van der Waals surface area contributed by atoms with Crippen LogP contribution in [0.1, 0.15) is 96.8 Å². The van der Waals surface area contributed by atoms with Gasteiger partial charge in [0.2, 0.25) is 11.8 Å². The molecule has 0 spiro atoms. The van der Waals surface area contributed by atoms with Crippen molar-refractivity contribution >= 4 is 21.7 Å². The minimum absolute atomic E-state index is 0.107. The molecule has 0 aromatic rings. The number of sulfone groups is 1. The van der Waals surface area contributed by atoms with Crippen molar-refractivity contribution in [1.82, 2.24) is 10.2 Å². The predicted molar refractivity (Wildman–Crippen MR) is 130 cm³/mol. The first-order valence-corrected chi connectivity index (χ1v) is 15.3. The maximum absolute atomic E-state index is 13.0. The Morgan fingerprint density at radius 1 is 0.818 bits per heavy atom. The van der Waals surface area contributed by atoms with Gasteiger partial charge >= 0.3 is 0 Å². The molecule has 33 heavy (non-hydrogen) atoms. The van der Waals surface area contributed by atoms with Gasteiger partial charge in [0.05, 0.1) is 11.0 Å². The van der Waals surface area contributed by atoms with Gasteiger partial charge in [-0.25, -0.2) is 8.42 Å². The molecule has 6 nitrogen and oxygen atoms in total. The third-order valence-corrected chi connectivity index (χ3v) is 10.8. The van der Waals surface area contributed by atoms with E-state index in [2.05, 4.69) is 17.1 Å². The number of nitrogens with one attached hydrogen (secondary N) is 1. The summed E-state index contributed by atoms with van der Waals surface area (Å²) in [5.41, 5.74) is 0. The number of carbonyl (C=O) groups is 2. The fourth-order valence-electron chi connectivity index (χ4n) is 5.91. The summed E-state index contributed by atoms with van der Waals surface area (Å²) in [6, 6.07) is 0.180. The maximum Gasteiger partial charge on any atom is 0.225 e. The second-order valence-corrected chi connectivity index (χ2v) is 13.8. The lowest BCUT2D eigenvalue weighted by Crippen LogP contribution is -2.43. The van der Waals surface area contributed by atoms with Crippen molar-refractivity contribution < 1.29 is 18.0 Å². The maximum atomic E-state index is 13.0. The number of hydrogen-bond acceptors (Lipinski definition) is 4. The zero-order valence-electron chi connectivity index (χ0n) is 20.5. The molecular formula is C26H44N2O4S. The molecule has 4 fully saturated rings. The topological polar surface area (TPSA) is 83.6 Å². The Morgan fingerprint density at radius 3 is 2.00 bits per heavy atom. The second-order valence-electron chi connectivity index (χ2n) is 11.5. The van der Waals surface area contributed by atoms with E-state index in [-0.39, 0.29) is 23.1 Å². The summed E-state index contributed by atoms with van der Waals surface area (Å²) in [5, 5.41) is 3.03. The zero-order chi connectivity index (χ0) is 23.4.